The fourth-order valence-corrected chi connectivity index (χ4v) is 6.97. The Kier molecular flexibility index (Phi) is 12.5. The van der Waals surface area contributed by atoms with Crippen molar-refractivity contribution in [3.63, 3.8) is 0 Å². The molecule has 45 heavy (non-hydrogen) atoms. The van der Waals surface area contributed by atoms with Crippen LogP contribution in [0.1, 0.15) is 62.1 Å². The standard InChI is InChI=1S/C31H44N5O8P/c1-4-7-17-42-31(40)36-15-13-35(14-16-36)30(39)27(21-45(41,43-5-2)44-6-3)34-29(38)26-19-25(24-18-23(24)20-37)32-28(33-26)22-11-9-8-10-12-22/h8-12,19,23-24,27,37H,4-7,13-18,20-21H2,1-3H3,(H,34,38)/t23-,24+,27?/m1/s1. The third-order valence-electron chi connectivity index (χ3n) is 7.78. The van der Waals surface area contributed by atoms with Crippen molar-refractivity contribution in [1.82, 2.24) is 25.1 Å². The van der Waals surface area contributed by atoms with Crippen molar-refractivity contribution in [3.05, 3.63) is 47.8 Å². The summed E-state index contributed by atoms with van der Waals surface area (Å²) >= 11 is 0. The summed E-state index contributed by atoms with van der Waals surface area (Å²) in [6, 6.07) is 9.55. The first kappa shape index (κ1) is 34.5. The van der Waals surface area contributed by atoms with E-state index < -0.39 is 31.5 Å². The van der Waals surface area contributed by atoms with Crippen molar-refractivity contribution in [2.75, 3.05) is 58.8 Å². The summed E-state index contributed by atoms with van der Waals surface area (Å²) in [7, 11) is -3.76. The van der Waals surface area contributed by atoms with E-state index in [-0.39, 0.29) is 69.7 Å². The monoisotopic (exact) mass is 645 g/mol. The summed E-state index contributed by atoms with van der Waals surface area (Å²) in [6.45, 7) is 6.83. The van der Waals surface area contributed by atoms with Crippen LogP contribution in [0.4, 0.5) is 4.79 Å². The summed E-state index contributed by atoms with van der Waals surface area (Å²) in [5.41, 5.74) is 1.39. The van der Waals surface area contributed by atoms with Crippen molar-refractivity contribution >= 4 is 25.5 Å². The number of carbonyl (C=O) groups is 3. The van der Waals surface area contributed by atoms with Gasteiger partial charge in [-0.05, 0) is 38.7 Å². The smallest absolute Gasteiger partial charge is 0.409 e. The average Bonchev–Trinajstić information content (AvgIpc) is 3.85. The van der Waals surface area contributed by atoms with Crippen LogP contribution >= 0.6 is 7.60 Å². The van der Waals surface area contributed by atoms with Gasteiger partial charge in [-0.3, -0.25) is 14.2 Å². The van der Waals surface area contributed by atoms with Crippen molar-refractivity contribution < 1.29 is 37.8 Å². The molecule has 2 aliphatic rings. The van der Waals surface area contributed by atoms with Crippen LogP contribution in [0.15, 0.2) is 36.4 Å². The van der Waals surface area contributed by atoms with Crippen LogP contribution in [0.2, 0.25) is 0 Å². The van der Waals surface area contributed by atoms with Gasteiger partial charge in [-0.15, -0.1) is 0 Å². The molecule has 0 spiro atoms. The lowest BCUT2D eigenvalue weighted by molar-refractivity contribution is -0.134. The van der Waals surface area contributed by atoms with Gasteiger partial charge in [-0.1, -0.05) is 43.7 Å². The fourth-order valence-electron chi connectivity index (χ4n) is 5.20. The molecular weight excluding hydrogens is 601 g/mol. The molecule has 1 aliphatic heterocycles. The van der Waals surface area contributed by atoms with Crippen molar-refractivity contribution in [2.24, 2.45) is 5.92 Å². The molecule has 4 rings (SSSR count). The van der Waals surface area contributed by atoms with E-state index in [0.29, 0.717) is 23.7 Å². The number of carbonyl (C=O) groups excluding carboxylic acids is 3. The molecule has 246 valence electrons. The molecule has 1 aliphatic carbocycles. The Bertz CT molecular complexity index is 1340. The number of hydrogen-bond donors (Lipinski definition) is 2. The molecule has 1 saturated heterocycles. The highest BCUT2D eigenvalue weighted by atomic mass is 31.2. The van der Waals surface area contributed by atoms with Crippen LogP contribution in [0, 0.1) is 5.92 Å². The van der Waals surface area contributed by atoms with Crippen LogP contribution < -0.4 is 5.32 Å². The maximum atomic E-state index is 13.9. The van der Waals surface area contributed by atoms with Crippen LogP contribution in [0.25, 0.3) is 11.4 Å². The van der Waals surface area contributed by atoms with Gasteiger partial charge in [-0.25, -0.2) is 14.8 Å². The normalized spacial score (nSPS) is 18.8. The summed E-state index contributed by atoms with van der Waals surface area (Å²) in [5, 5.41) is 12.4. The highest BCUT2D eigenvalue weighted by Crippen LogP contribution is 2.49. The Labute approximate surface area is 264 Å². The number of hydrogen-bond acceptors (Lipinski definition) is 10. The number of benzene rings is 1. The van der Waals surface area contributed by atoms with Gasteiger partial charge < -0.3 is 34.0 Å². The minimum Gasteiger partial charge on any atom is -0.449 e. The van der Waals surface area contributed by atoms with E-state index in [2.05, 4.69) is 15.3 Å². The largest absolute Gasteiger partial charge is 0.449 e. The Morgan fingerprint density at radius 3 is 2.29 bits per heavy atom. The number of aromatic nitrogens is 2. The maximum Gasteiger partial charge on any atom is 0.409 e. The zero-order valence-electron chi connectivity index (χ0n) is 26.2. The zero-order chi connectivity index (χ0) is 32.4. The van der Waals surface area contributed by atoms with Gasteiger partial charge in [0.25, 0.3) is 5.91 Å². The minimum atomic E-state index is -3.76. The Balaban J connectivity index is 1.56. The molecule has 1 saturated carbocycles. The number of nitrogens with zero attached hydrogens (tertiary/aromatic N) is 4. The SMILES string of the molecule is CCCCOC(=O)N1CCN(C(=O)C(CP(=O)(OCC)OCC)NC(=O)c2cc([C@H]3C[C@@H]3CO)nc(-c3ccccc3)n2)CC1. The number of ether oxygens (including phenoxy) is 1. The molecule has 2 N–H and O–H groups in total. The van der Waals surface area contributed by atoms with E-state index in [1.807, 2.05) is 37.3 Å². The van der Waals surface area contributed by atoms with Gasteiger partial charge in [0.05, 0.1) is 26.0 Å². The number of unbranched alkanes of at least 4 members (excludes halogenated alkanes) is 1. The molecule has 3 atom stereocenters. The Hall–Kier alpha value is -3.38. The van der Waals surface area contributed by atoms with Gasteiger partial charge in [0, 0.05) is 50.0 Å². The lowest BCUT2D eigenvalue weighted by atomic mass is 10.1. The highest BCUT2D eigenvalue weighted by Gasteiger charge is 2.40. The van der Waals surface area contributed by atoms with E-state index in [1.165, 1.54) is 4.90 Å². The van der Waals surface area contributed by atoms with Crippen LogP contribution in [0.3, 0.4) is 0 Å². The highest BCUT2D eigenvalue weighted by molar-refractivity contribution is 7.54. The topological polar surface area (TPSA) is 160 Å². The molecule has 0 radical (unpaired) electrons. The Morgan fingerprint density at radius 1 is 1.02 bits per heavy atom. The van der Waals surface area contributed by atoms with E-state index in [1.54, 1.807) is 24.8 Å². The third-order valence-corrected chi connectivity index (χ3v) is 9.90. The van der Waals surface area contributed by atoms with Gasteiger partial charge in [0.1, 0.15) is 11.7 Å². The second kappa shape index (κ2) is 16.3. The van der Waals surface area contributed by atoms with Crippen LogP contribution in [-0.2, 0) is 23.1 Å². The number of nitrogens with one attached hydrogen (secondary N) is 1. The van der Waals surface area contributed by atoms with Crippen molar-refractivity contribution in [1.29, 1.82) is 0 Å². The summed E-state index contributed by atoms with van der Waals surface area (Å²) in [6.07, 6.45) is 1.62. The fraction of sp³-hybridized carbons (Fsp3) is 0.581. The van der Waals surface area contributed by atoms with Gasteiger partial charge in [-0.2, -0.15) is 0 Å². The van der Waals surface area contributed by atoms with E-state index in [9.17, 15) is 24.1 Å². The number of aliphatic hydroxyl groups excluding tert-OH is 1. The lowest BCUT2D eigenvalue weighted by Gasteiger charge is -2.36. The third kappa shape index (κ3) is 9.32. The molecule has 13 nitrogen and oxygen atoms in total. The first-order valence-electron chi connectivity index (χ1n) is 15.7. The number of rotatable bonds is 15. The van der Waals surface area contributed by atoms with E-state index in [0.717, 1.165) is 19.3 Å². The summed E-state index contributed by atoms with van der Waals surface area (Å²) < 4.78 is 29.8. The zero-order valence-corrected chi connectivity index (χ0v) is 27.1. The molecule has 2 aromatic rings. The number of aliphatic hydroxyl groups is 1. The van der Waals surface area contributed by atoms with Crippen molar-refractivity contribution in [3.8, 4) is 11.4 Å². The molecular formula is C31H44N5O8P. The predicted octanol–water partition coefficient (Wildman–Crippen LogP) is 3.68. The second-order valence-electron chi connectivity index (χ2n) is 11.1. The predicted molar refractivity (Wildman–Crippen MR) is 167 cm³/mol. The number of amides is 3. The summed E-state index contributed by atoms with van der Waals surface area (Å²) in [5.74, 6) is -0.721. The van der Waals surface area contributed by atoms with Gasteiger partial charge in [0.2, 0.25) is 5.91 Å². The van der Waals surface area contributed by atoms with Gasteiger partial charge in [0.15, 0.2) is 5.82 Å². The molecule has 1 aromatic heterocycles. The number of piperazine rings is 1. The molecule has 14 heteroatoms. The quantitative estimate of drug-likeness (QED) is 0.216. The van der Waals surface area contributed by atoms with E-state index >= 15 is 0 Å². The molecule has 1 unspecified atom stereocenters. The molecule has 0 bridgehead atoms. The van der Waals surface area contributed by atoms with Gasteiger partial charge >= 0.3 is 13.7 Å². The lowest BCUT2D eigenvalue weighted by Crippen LogP contribution is -2.57. The minimum absolute atomic E-state index is 0.00877. The Morgan fingerprint density at radius 2 is 1.69 bits per heavy atom. The molecule has 2 heterocycles. The second-order valence-corrected chi connectivity index (χ2v) is 13.2. The van der Waals surface area contributed by atoms with Crippen LogP contribution in [-0.4, -0.2) is 108 Å². The molecule has 1 aromatic carbocycles. The molecule has 3 amide bonds. The van der Waals surface area contributed by atoms with E-state index in [4.69, 9.17) is 13.8 Å². The molecule has 2 fully saturated rings. The first-order chi connectivity index (χ1) is 21.7. The first-order valence-corrected chi connectivity index (χ1v) is 17.4. The maximum absolute atomic E-state index is 13.9. The average molecular weight is 646 g/mol. The van der Waals surface area contributed by atoms with Crippen LogP contribution in [0.5, 0.6) is 0 Å². The summed E-state index contributed by atoms with van der Waals surface area (Å²) in [4.78, 5) is 52.3. The van der Waals surface area contributed by atoms with Crippen molar-refractivity contribution in [2.45, 2.75) is 52.0 Å².